The molecular weight excluding hydrogens is 488 g/mol. The predicted octanol–water partition coefficient (Wildman–Crippen LogP) is 3.95. The number of nitrogens with zero attached hydrogens (tertiary/aromatic N) is 3. The minimum atomic E-state index is -3.58. The van der Waals surface area contributed by atoms with E-state index in [1.807, 2.05) is 32.0 Å². The fraction of sp³-hybridized carbons (Fsp3) is 0.250. The van der Waals surface area contributed by atoms with Crippen molar-refractivity contribution in [3.63, 3.8) is 0 Å². The zero-order valence-electron chi connectivity index (χ0n) is 19.4. The molecule has 0 radical (unpaired) electrons. The third-order valence-corrected chi connectivity index (χ3v) is 6.13. The molecule has 2 aromatic carbocycles. The Morgan fingerprint density at radius 1 is 1.09 bits per heavy atom. The van der Waals surface area contributed by atoms with Crippen LogP contribution in [0.3, 0.4) is 0 Å². The smallest absolute Gasteiger partial charge is 0.268 e. The lowest BCUT2D eigenvalue weighted by Crippen LogP contribution is -2.13. The molecule has 0 aliphatic heterocycles. The Balaban J connectivity index is 1.50. The Bertz CT molecular complexity index is 1350. The summed E-state index contributed by atoms with van der Waals surface area (Å²) in [6.07, 6.45) is 3.09. The molecule has 1 amide bonds. The number of hydrogen-bond acceptors (Lipinski definition) is 9. The van der Waals surface area contributed by atoms with Gasteiger partial charge in [-0.3, -0.25) is 10.1 Å². The summed E-state index contributed by atoms with van der Waals surface area (Å²) in [6, 6.07) is 14.8. The zero-order valence-corrected chi connectivity index (χ0v) is 21.1. The van der Waals surface area contributed by atoms with E-state index in [0.29, 0.717) is 30.9 Å². The number of hydrogen-bond donors (Lipinski definition) is 1. The lowest BCUT2D eigenvalue weighted by Gasteiger charge is -2.09. The summed E-state index contributed by atoms with van der Waals surface area (Å²) < 4.78 is 38.1. The Hall–Kier alpha value is -3.75. The predicted molar refractivity (Wildman–Crippen MR) is 133 cm³/mol. The average Bonchev–Trinajstić information content (AvgIpc) is 3.26. The summed E-state index contributed by atoms with van der Waals surface area (Å²) in [4.78, 5) is 16.1. The van der Waals surface area contributed by atoms with Gasteiger partial charge in [-0.1, -0.05) is 18.2 Å². The van der Waals surface area contributed by atoms with Crippen molar-refractivity contribution in [1.82, 2.24) is 9.36 Å². The van der Waals surface area contributed by atoms with Gasteiger partial charge in [-0.25, -0.2) is 8.42 Å². The first-order chi connectivity index (χ1) is 16.6. The van der Waals surface area contributed by atoms with Crippen LogP contribution in [0.1, 0.15) is 23.1 Å². The van der Waals surface area contributed by atoms with Gasteiger partial charge >= 0.3 is 0 Å². The van der Waals surface area contributed by atoms with Crippen molar-refractivity contribution in [1.29, 1.82) is 5.26 Å². The fourth-order valence-electron chi connectivity index (χ4n) is 3.01. The highest BCUT2D eigenvalue weighted by atomic mass is 32.2. The van der Waals surface area contributed by atoms with Crippen LogP contribution < -0.4 is 14.8 Å². The lowest BCUT2D eigenvalue weighted by molar-refractivity contribution is -0.112. The monoisotopic (exact) mass is 512 g/mol. The van der Waals surface area contributed by atoms with Crippen molar-refractivity contribution < 1.29 is 22.7 Å². The molecule has 3 rings (SSSR count). The second-order valence-corrected chi connectivity index (χ2v) is 10.4. The number of benzene rings is 2. The van der Waals surface area contributed by atoms with E-state index in [4.69, 9.17) is 9.47 Å². The molecule has 35 heavy (non-hydrogen) atoms. The number of rotatable bonds is 10. The van der Waals surface area contributed by atoms with Gasteiger partial charge in [0.2, 0.25) is 15.0 Å². The maximum absolute atomic E-state index is 12.4. The van der Waals surface area contributed by atoms with Crippen LogP contribution in [0.5, 0.6) is 11.5 Å². The molecule has 0 aliphatic rings. The number of aromatic nitrogens is 2. The Labute approximate surface area is 208 Å². The van der Waals surface area contributed by atoms with E-state index in [2.05, 4.69) is 20.7 Å². The van der Waals surface area contributed by atoms with E-state index in [1.54, 1.807) is 24.3 Å². The van der Waals surface area contributed by atoms with Crippen molar-refractivity contribution in [2.24, 2.45) is 0 Å². The molecule has 0 spiro atoms. The van der Waals surface area contributed by atoms with Crippen molar-refractivity contribution in [2.75, 3.05) is 24.8 Å². The lowest BCUT2D eigenvalue weighted by atomic mass is 10.1. The second-order valence-electron chi connectivity index (χ2n) is 7.72. The average molecular weight is 513 g/mol. The molecule has 11 heteroatoms. The van der Waals surface area contributed by atoms with E-state index in [1.165, 1.54) is 6.08 Å². The highest BCUT2D eigenvalue weighted by molar-refractivity contribution is 7.90. The first kappa shape index (κ1) is 25.9. The van der Waals surface area contributed by atoms with Crippen LogP contribution in [0.25, 0.3) is 6.08 Å². The summed E-state index contributed by atoms with van der Waals surface area (Å²) in [5.41, 5.74) is 2.77. The van der Waals surface area contributed by atoms with Crippen LogP contribution in [0, 0.1) is 25.2 Å². The van der Waals surface area contributed by atoms with Gasteiger partial charge in [0, 0.05) is 24.2 Å². The number of carbonyl (C=O) groups excluding carboxylic acids is 1. The number of nitriles is 1. The minimum absolute atomic E-state index is 0.0122. The molecule has 0 fully saturated rings. The van der Waals surface area contributed by atoms with E-state index in [0.717, 1.165) is 34.7 Å². The second kappa shape index (κ2) is 11.6. The largest absolute Gasteiger partial charge is 0.493 e. The molecule has 0 unspecified atom stereocenters. The SMILES string of the molecule is Cc1cc(C)cc(OCCCOc2ccc(/C=C(/C#N)C(=O)Nc3nc(S(C)(=O)=O)ns3)cc2)c1. The van der Waals surface area contributed by atoms with Gasteiger partial charge < -0.3 is 9.47 Å². The third-order valence-electron chi connectivity index (χ3n) is 4.54. The first-order valence-corrected chi connectivity index (χ1v) is 13.2. The fourth-order valence-corrected chi connectivity index (χ4v) is 4.45. The normalized spacial score (nSPS) is 11.5. The van der Waals surface area contributed by atoms with Gasteiger partial charge in [-0.15, -0.1) is 0 Å². The van der Waals surface area contributed by atoms with Gasteiger partial charge in [0.25, 0.3) is 11.1 Å². The molecule has 182 valence electrons. The van der Waals surface area contributed by atoms with Crippen LogP contribution in [0.2, 0.25) is 0 Å². The summed E-state index contributed by atoms with van der Waals surface area (Å²) in [6.45, 7) is 5.07. The summed E-state index contributed by atoms with van der Waals surface area (Å²) in [7, 11) is -3.58. The van der Waals surface area contributed by atoms with Crippen molar-refractivity contribution in [2.45, 2.75) is 25.4 Å². The molecular formula is C24H24N4O5S2. The summed E-state index contributed by atoms with van der Waals surface area (Å²) in [5.74, 6) is 0.782. The third kappa shape index (κ3) is 7.91. The van der Waals surface area contributed by atoms with Gasteiger partial charge in [0.1, 0.15) is 23.1 Å². The quantitative estimate of drug-likeness (QED) is 0.245. The molecule has 1 heterocycles. The Morgan fingerprint density at radius 3 is 2.29 bits per heavy atom. The van der Waals surface area contributed by atoms with Crippen LogP contribution in [0.4, 0.5) is 5.13 Å². The van der Waals surface area contributed by atoms with Gasteiger partial charge in [0.05, 0.1) is 13.2 Å². The van der Waals surface area contributed by atoms with Crippen molar-refractivity contribution in [3.05, 3.63) is 64.7 Å². The number of sulfone groups is 1. The maximum Gasteiger partial charge on any atom is 0.268 e. The Kier molecular flexibility index (Phi) is 8.57. The molecule has 1 N–H and O–H groups in total. The minimum Gasteiger partial charge on any atom is -0.493 e. The molecule has 0 bridgehead atoms. The zero-order chi connectivity index (χ0) is 25.4. The molecule has 0 saturated carbocycles. The van der Waals surface area contributed by atoms with Crippen LogP contribution in [-0.2, 0) is 14.6 Å². The van der Waals surface area contributed by atoms with Crippen LogP contribution in [-0.4, -0.2) is 43.2 Å². The molecule has 3 aromatic rings. The Morgan fingerprint density at radius 2 is 1.71 bits per heavy atom. The van der Waals surface area contributed by atoms with Crippen molar-refractivity contribution in [3.8, 4) is 17.6 Å². The van der Waals surface area contributed by atoms with Crippen LogP contribution >= 0.6 is 11.5 Å². The number of anilines is 1. The van der Waals surface area contributed by atoms with Gasteiger partial charge in [-0.2, -0.15) is 14.6 Å². The highest BCUT2D eigenvalue weighted by Gasteiger charge is 2.17. The summed E-state index contributed by atoms with van der Waals surface area (Å²) in [5, 5.41) is 11.4. The molecule has 0 aliphatic carbocycles. The molecule has 0 atom stereocenters. The first-order valence-electron chi connectivity index (χ1n) is 10.5. The van der Waals surface area contributed by atoms with Gasteiger partial charge in [-0.05, 0) is 60.9 Å². The maximum atomic E-state index is 12.4. The van der Waals surface area contributed by atoms with E-state index < -0.39 is 15.7 Å². The van der Waals surface area contributed by atoms with Gasteiger partial charge in [0.15, 0.2) is 0 Å². The number of carbonyl (C=O) groups is 1. The number of nitrogens with one attached hydrogen (secondary N) is 1. The van der Waals surface area contributed by atoms with E-state index in [9.17, 15) is 18.5 Å². The number of aryl methyl sites for hydroxylation is 2. The molecule has 0 saturated heterocycles. The number of amides is 1. The van der Waals surface area contributed by atoms with E-state index >= 15 is 0 Å². The number of ether oxygens (including phenoxy) is 2. The molecule has 9 nitrogen and oxygen atoms in total. The topological polar surface area (TPSA) is 131 Å². The van der Waals surface area contributed by atoms with Crippen molar-refractivity contribution >= 4 is 38.5 Å². The summed E-state index contributed by atoms with van der Waals surface area (Å²) >= 11 is 0.717. The van der Waals surface area contributed by atoms with Crippen LogP contribution in [0.15, 0.2) is 53.2 Å². The molecule has 1 aromatic heterocycles. The van der Waals surface area contributed by atoms with E-state index in [-0.39, 0.29) is 15.9 Å². The highest BCUT2D eigenvalue weighted by Crippen LogP contribution is 2.19. The standard InChI is InChI=1S/C24H24N4O5S2/c1-16-11-17(2)13-21(12-16)33-10-4-9-32-20-7-5-18(6-8-20)14-19(15-25)22(29)26-23-27-24(28-34-23)35(3,30)31/h5-8,11-14H,4,9-10H2,1-3H3,(H,26,27,28,29)/b19-14-.